The highest BCUT2D eigenvalue weighted by Gasteiger charge is 2.32. The smallest absolute Gasteiger partial charge is 0.204 e. The van der Waals surface area contributed by atoms with E-state index in [1.54, 1.807) is 60.7 Å². The van der Waals surface area contributed by atoms with E-state index in [1.807, 2.05) is 12.1 Å². The molecule has 0 spiro atoms. The molecule has 2 atom stereocenters. The third-order valence-electron chi connectivity index (χ3n) is 11.2. The van der Waals surface area contributed by atoms with Crippen LogP contribution < -0.4 is 18.9 Å². The summed E-state index contributed by atoms with van der Waals surface area (Å²) in [5.74, 6) is 0.731. The fourth-order valence-electron chi connectivity index (χ4n) is 7.42. The van der Waals surface area contributed by atoms with Gasteiger partial charge in [-0.2, -0.15) is 10.5 Å². The largest absolute Gasteiger partial charge is 0.494 e. The first kappa shape index (κ1) is 51.4. The van der Waals surface area contributed by atoms with Crippen molar-refractivity contribution in [2.75, 3.05) is 28.4 Å². The van der Waals surface area contributed by atoms with E-state index in [1.165, 1.54) is 63.9 Å². The van der Waals surface area contributed by atoms with E-state index in [4.69, 9.17) is 27.8 Å². The first-order valence-electron chi connectivity index (χ1n) is 21.5. The molecular weight excluding hydrogens is 979 g/mol. The highest BCUT2D eigenvalue weighted by atomic mass is 32.2. The first-order chi connectivity index (χ1) is 34.6. The molecule has 0 aliphatic heterocycles. The summed E-state index contributed by atoms with van der Waals surface area (Å²) in [7, 11) is -1.77. The molecule has 0 bridgehead atoms. The number of sulfone groups is 2. The van der Waals surface area contributed by atoms with Crippen LogP contribution in [0.1, 0.15) is 48.0 Å². The molecule has 0 saturated heterocycles. The van der Waals surface area contributed by atoms with E-state index in [0.717, 1.165) is 24.5 Å². The quantitative estimate of drug-likeness (QED) is 0.0837. The molecule has 0 fully saturated rings. The lowest BCUT2D eigenvalue weighted by Crippen LogP contribution is -2.24. The van der Waals surface area contributed by atoms with Crippen LogP contribution in [0.2, 0.25) is 0 Å². The summed E-state index contributed by atoms with van der Waals surface area (Å²) in [4.78, 5) is 7.83. The Hall–Kier alpha value is -8.48. The minimum Gasteiger partial charge on any atom is -0.494 e. The summed E-state index contributed by atoms with van der Waals surface area (Å²) >= 11 is 0. The van der Waals surface area contributed by atoms with Crippen molar-refractivity contribution in [1.82, 2.24) is 39.5 Å². The van der Waals surface area contributed by atoms with Gasteiger partial charge in [-0.3, -0.25) is 19.1 Å². The van der Waals surface area contributed by atoms with Crippen LogP contribution in [0.5, 0.6) is 23.0 Å². The third kappa shape index (κ3) is 10.9. The minimum atomic E-state index is -3.85. The number of nitriles is 2. The Kier molecular flexibility index (Phi) is 15.8. The van der Waals surface area contributed by atoms with Crippen LogP contribution in [0.4, 0.5) is 8.78 Å². The van der Waals surface area contributed by atoms with E-state index >= 15 is 0 Å². The van der Waals surface area contributed by atoms with Gasteiger partial charge >= 0.3 is 0 Å². The number of methoxy groups -OCH3 is 4. The number of halogens is 2. The van der Waals surface area contributed by atoms with Gasteiger partial charge in [-0.1, -0.05) is 12.1 Å². The lowest BCUT2D eigenvalue weighted by Gasteiger charge is -2.18. The predicted octanol–water partition coefficient (Wildman–Crippen LogP) is 6.99. The number of furan rings is 2. The zero-order chi connectivity index (χ0) is 51.7. The number of hydrogen-bond donors (Lipinski definition) is 0. The van der Waals surface area contributed by atoms with Crippen LogP contribution in [-0.2, 0) is 44.0 Å². The van der Waals surface area contributed by atoms with Crippen LogP contribution in [0, 0.1) is 34.3 Å². The molecule has 2 aromatic carbocycles. The van der Waals surface area contributed by atoms with E-state index < -0.39 is 53.3 Å². The second-order valence-electron chi connectivity index (χ2n) is 15.7. The molecule has 0 N–H and O–H groups in total. The van der Waals surface area contributed by atoms with Crippen molar-refractivity contribution in [1.29, 1.82) is 10.5 Å². The molecule has 8 aromatic rings. The maximum atomic E-state index is 13.5. The molecule has 0 aliphatic carbocycles. The summed E-state index contributed by atoms with van der Waals surface area (Å²) < 4.78 is 117. The van der Waals surface area contributed by atoms with Crippen LogP contribution in [0.25, 0.3) is 34.5 Å². The summed E-state index contributed by atoms with van der Waals surface area (Å²) in [5.41, 5.74) is 1.17. The van der Waals surface area contributed by atoms with Crippen LogP contribution in [-0.4, -0.2) is 95.3 Å². The minimum absolute atomic E-state index is 0.0147. The van der Waals surface area contributed by atoms with Gasteiger partial charge in [0.1, 0.15) is 69.7 Å². The Morgan fingerprint density at radius 1 is 0.583 bits per heavy atom. The van der Waals surface area contributed by atoms with Crippen LogP contribution in [0.15, 0.2) is 107 Å². The third-order valence-corrected chi connectivity index (χ3v) is 15.3. The highest BCUT2D eigenvalue weighted by Crippen LogP contribution is 2.39. The van der Waals surface area contributed by atoms with Gasteiger partial charge in [-0.25, -0.2) is 25.6 Å². The van der Waals surface area contributed by atoms with E-state index in [-0.39, 0.29) is 58.7 Å². The molecule has 372 valence electrons. The number of pyridine rings is 2. The van der Waals surface area contributed by atoms with Gasteiger partial charge in [0, 0.05) is 12.8 Å². The number of nitrogens with zero attached hydrogens (tertiary/aromatic N) is 10. The second kappa shape index (κ2) is 22.1. The van der Waals surface area contributed by atoms with E-state index in [0.29, 0.717) is 45.9 Å². The molecule has 6 heterocycles. The molecule has 8 rings (SSSR count). The van der Waals surface area contributed by atoms with Gasteiger partial charge in [-0.05, 0) is 74.5 Å². The number of aromatic nitrogens is 8. The molecule has 0 saturated carbocycles. The van der Waals surface area contributed by atoms with Crippen molar-refractivity contribution in [3.8, 4) is 69.7 Å². The fourth-order valence-corrected chi connectivity index (χ4v) is 9.91. The topological polar surface area (TPSA) is 266 Å². The zero-order valence-corrected chi connectivity index (χ0v) is 41.0. The Labute approximate surface area is 411 Å². The van der Waals surface area contributed by atoms with Gasteiger partial charge in [0.05, 0.1) is 86.4 Å². The maximum Gasteiger partial charge on any atom is 0.204 e. The maximum absolute atomic E-state index is 13.5. The van der Waals surface area contributed by atoms with Crippen molar-refractivity contribution >= 4 is 19.7 Å². The van der Waals surface area contributed by atoms with Gasteiger partial charge in [0.15, 0.2) is 42.8 Å². The number of benzene rings is 2. The average Bonchev–Trinajstić information content (AvgIpc) is 4.23. The lowest BCUT2D eigenvalue weighted by molar-refractivity contribution is 0.390. The summed E-state index contributed by atoms with van der Waals surface area (Å²) in [6, 6.07) is 22.7. The van der Waals surface area contributed by atoms with Crippen molar-refractivity contribution in [3.63, 3.8) is 0 Å². The Bertz CT molecular complexity index is 3240. The summed E-state index contributed by atoms with van der Waals surface area (Å²) in [6.07, 6.45) is 4.68. The number of para-hydroxylation sites is 2. The normalized spacial score (nSPS) is 12.2. The first-order valence-corrected chi connectivity index (χ1v) is 24.9. The number of rotatable bonds is 18. The van der Waals surface area contributed by atoms with Crippen LogP contribution in [0.3, 0.4) is 0 Å². The zero-order valence-electron chi connectivity index (χ0n) is 39.3. The van der Waals surface area contributed by atoms with Crippen molar-refractivity contribution in [2.24, 2.45) is 0 Å². The SMILES string of the molecule is COc1cccc(OC)c1-n1c(CS(=O)(=O)[C@@H](C)Cc2ncc(F)cc2C#N)nnc1-c1ccco1.COc1cccc(OC)c1-n1c(CS(=O)(=O)[C@H](C)Cc2ncc(F)cc2C#N)nnc1-c1ccco1. The van der Waals surface area contributed by atoms with Crippen molar-refractivity contribution in [3.05, 3.63) is 144 Å². The molecule has 6 aromatic heterocycles. The number of ether oxygens (including phenoxy) is 4. The Balaban J connectivity index is 0.000000211. The highest BCUT2D eigenvalue weighted by molar-refractivity contribution is 7.91. The second-order valence-corrected chi connectivity index (χ2v) is 20.5. The van der Waals surface area contributed by atoms with Gasteiger partial charge in [0.2, 0.25) is 11.6 Å². The standard InChI is InChI=1S/2C24H22FN5O5S/c2*1-15(10-18-16(12-26)11-17(25)13-27-18)36(31,32)14-22-28-29-24(21-8-5-9-35-21)30(22)23-19(33-2)6-4-7-20(23)34-3/h2*4-9,11,13,15H,10,14H2,1-3H3/t2*15-/m10/s1. The predicted molar refractivity (Wildman–Crippen MR) is 254 cm³/mol. The average molecular weight is 1020 g/mol. The fraction of sp³-hybridized carbons (Fsp3) is 0.250. The van der Waals surface area contributed by atoms with Gasteiger partial charge in [0.25, 0.3) is 0 Å². The Morgan fingerprint density at radius 2 is 0.944 bits per heavy atom. The molecular formula is C48H44F2N10O10S2. The van der Waals surface area contributed by atoms with Crippen molar-refractivity contribution in [2.45, 2.75) is 48.7 Å². The summed E-state index contributed by atoms with van der Waals surface area (Å²) in [6.45, 7) is 3.00. The molecule has 0 radical (unpaired) electrons. The molecule has 0 amide bonds. The molecule has 72 heavy (non-hydrogen) atoms. The lowest BCUT2D eigenvalue weighted by atomic mass is 10.1. The Morgan fingerprint density at radius 3 is 1.25 bits per heavy atom. The van der Waals surface area contributed by atoms with Gasteiger partial charge < -0.3 is 27.8 Å². The molecule has 20 nitrogen and oxygen atoms in total. The number of hydrogen-bond acceptors (Lipinski definition) is 18. The van der Waals surface area contributed by atoms with E-state index in [9.17, 15) is 36.1 Å². The van der Waals surface area contributed by atoms with Crippen molar-refractivity contribution < 1.29 is 53.4 Å². The molecule has 0 unspecified atom stereocenters. The molecule has 24 heteroatoms. The summed E-state index contributed by atoms with van der Waals surface area (Å²) in [5, 5.41) is 33.4. The molecule has 0 aliphatic rings. The van der Waals surface area contributed by atoms with E-state index in [2.05, 4.69) is 30.4 Å². The van der Waals surface area contributed by atoms with Gasteiger partial charge in [-0.15, -0.1) is 20.4 Å². The monoisotopic (exact) mass is 1020 g/mol. The van der Waals surface area contributed by atoms with Crippen LogP contribution >= 0.6 is 0 Å².